The molecule has 1 fully saturated rings. The van der Waals surface area contributed by atoms with Crippen molar-refractivity contribution in [2.45, 2.75) is 72.0 Å². The largest absolute Gasteiger partial charge is 0.460 e. The molecule has 2 unspecified atom stereocenters. The van der Waals surface area contributed by atoms with Gasteiger partial charge in [0.25, 0.3) is 0 Å². The van der Waals surface area contributed by atoms with Crippen LogP contribution in [-0.2, 0) is 9.53 Å². The van der Waals surface area contributed by atoms with Gasteiger partial charge in [-0.3, -0.25) is 4.79 Å². The Morgan fingerprint density at radius 3 is 2.17 bits per heavy atom. The fourth-order valence-corrected chi connectivity index (χ4v) is 2.57. The van der Waals surface area contributed by atoms with Crippen LogP contribution in [0.15, 0.2) is 0 Å². The standard InChI is InChI=1S/C15H28O3/c1-10-6-8-12(9-7-10)13(16)11(2)14(17)18-15(3,4)5/h10-13,16H,6-9H2,1-5H3. The van der Waals surface area contributed by atoms with Crippen LogP contribution in [0, 0.1) is 17.8 Å². The summed E-state index contributed by atoms with van der Waals surface area (Å²) < 4.78 is 5.33. The van der Waals surface area contributed by atoms with E-state index in [2.05, 4.69) is 6.92 Å². The average molecular weight is 256 g/mol. The fraction of sp³-hybridized carbons (Fsp3) is 0.933. The molecular weight excluding hydrogens is 228 g/mol. The van der Waals surface area contributed by atoms with Gasteiger partial charge < -0.3 is 9.84 Å². The molecular formula is C15H28O3. The molecule has 0 saturated heterocycles. The zero-order valence-electron chi connectivity index (χ0n) is 12.4. The van der Waals surface area contributed by atoms with Gasteiger partial charge in [0.15, 0.2) is 0 Å². The predicted molar refractivity (Wildman–Crippen MR) is 72.1 cm³/mol. The second-order valence-corrected chi connectivity index (χ2v) is 6.83. The van der Waals surface area contributed by atoms with Gasteiger partial charge in [0.05, 0.1) is 12.0 Å². The van der Waals surface area contributed by atoms with Crippen molar-refractivity contribution < 1.29 is 14.6 Å². The van der Waals surface area contributed by atoms with E-state index >= 15 is 0 Å². The third kappa shape index (κ3) is 4.60. The molecule has 0 aromatic heterocycles. The Labute approximate surface area is 111 Å². The highest BCUT2D eigenvalue weighted by molar-refractivity contribution is 5.73. The minimum absolute atomic E-state index is 0.253. The number of rotatable bonds is 3. The maximum atomic E-state index is 11.9. The van der Waals surface area contributed by atoms with Gasteiger partial charge in [-0.05, 0) is 52.4 Å². The molecule has 1 aliphatic carbocycles. The average Bonchev–Trinajstić information content (AvgIpc) is 2.26. The van der Waals surface area contributed by atoms with E-state index in [0.29, 0.717) is 0 Å². The number of aliphatic hydroxyl groups is 1. The molecule has 1 aliphatic rings. The molecule has 18 heavy (non-hydrogen) atoms. The number of hydrogen-bond acceptors (Lipinski definition) is 3. The van der Waals surface area contributed by atoms with Gasteiger partial charge in [0.1, 0.15) is 5.60 Å². The van der Waals surface area contributed by atoms with Crippen molar-refractivity contribution >= 4 is 5.97 Å². The molecule has 0 heterocycles. The lowest BCUT2D eigenvalue weighted by molar-refractivity contribution is -0.164. The molecule has 0 aromatic carbocycles. The van der Waals surface area contributed by atoms with E-state index in [1.165, 1.54) is 0 Å². The molecule has 0 aliphatic heterocycles. The van der Waals surface area contributed by atoms with Crippen LogP contribution in [0.2, 0.25) is 0 Å². The maximum absolute atomic E-state index is 11.9. The Morgan fingerprint density at radius 2 is 1.72 bits per heavy atom. The van der Waals surface area contributed by atoms with Crippen LogP contribution in [0.3, 0.4) is 0 Å². The molecule has 0 aromatic rings. The first-order valence-corrected chi connectivity index (χ1v) is 7.11. The maximum Gasteiger partial charge on any atom is 0.311 e. The Morgan fingerprint density at radius 1 is 1.22 bits per heavy atom. The third-order valence-electron chi connectivity index (χ3n) is 3.83. The van der Waals surface area contributed by atoms with Crippen LogP contribution in [0.4, 0.5) is 0 Å². The quantitative estimate of drug-likeness (QED) is 0.789. The normalized spacial score (nSPS) is 28.6. The minimum Gasteiger partial charge on any atom is -0.460 e. The minimum atomic E-state index is -0.563. The van der Waals surface area contributed by atoms with E-state index in [1.807, 2.05) is 20.8 Å². The van der Waals surface area contributed by atoms with Gasteiger partial charge in [0, 0.05) is 0 Å². The number of esters is 1. The summed E-state index contributed by atoms with van der Waals surface area (Å²) in [6.45, 7) is 9.58. The van der Waals surface area contributed by atoms with Crippen LogP contribution in [-0.4, -0.2) is 22.8 Å². The first kappa shape index (κ1) is 15.5. The van der Waals surface area contributed by atoms with Gasteiger partial charge in [-0.15, -0.1) is 0 Å². The highest BCUT2D eigenvalue weighted by atomic mass is 16.6. The summed E-state index contributed by atoms with van der Waals surface area (Å²) >= 11 is 0. The van der Waals surface area contributed by atoms with Gasteiger partial charge in [-0.25, -0.2) is 0 Å². The molecule has 3 heteroatoms. The van der Waals surface area contributed by atoms with Crippen molar-refractivity contribution in [3.05, 3.63) is 0 Å². The summed E-state index contributed by atoms with van der Waals surface area (Å²) in [5, 5.41) is 10.3. The Bertz CT molecular complexity index is 272. The van der Waals surface area contributed by atoms with Crippen molar-refractivity contribution in [2.24, 2.45) is 17.8 Å². The van der Waals surface area contributed by atoms with E-state index in [0.717, 1.165) is 31.6 Å². The van der Waals surface area contributed by atoms with Gasteiger partial charge in [0.2, 0.25) is 0 Å². The van der Waals surface area contributed by atoms with E-state index in [9.17, 15) is 9.90 Å². The monoisotopic (exact) mass is 256 g/mol. The molecule has 2 atom stereocenters. The van der Waals surface area contributed by atoms with Crippen molar-refractivity contribution in [3.8, 4) is 0 Å². The lowest BCUT2D eigenvalue weighted by atomic mass is 9.77. The van der Waals surface area contributed by atoms with Crippen molar-refractivity contribution in [3.63, 3.8) is 0 Å². The van der Waals surface area contributed by atoms with Gasteiger partial charge >= 0.3 is 5.97 Å². The molecule has 1 rings (SSSR count). The molecule has 0 bridgehead atoms. The Hall–Kier alpha value is -0.570. The number of carbonyl (C=O) groups is 1. The van der Waals surface area contributed by atoms with Gasteiger partial charge in [-0.1, -0.05) is 19.8 Å². The van der Waals surface area contributed by atoms with Gasteiger partial charge in [-0.2, -0.15) is 0 Å². The van der Waals surface area contributed by atoms with Crippen molar-refractivity contribution in [1.29, 1.82) is 0 Å². The topological polar surface area (TPSA) is 46.5 Å². The summed E-state index contributed by atoms with van der Waals surface area (Å²) in [4.78, 5) is 11.9. The highest BCUT2D eigenvalue weighted by Gasteiger charge is 2.33. The van der Waals surface area contributed by atoms with E-state index < -0.39 is 17.6 Å². The molecule has 0 radical (unpaired) electrons. The van der Waals surface area contributed by atoms with Crippen LogP contribution >= 0.6 is 0 Å². The van der Waals surface area contributed by atoms with Crippen molar-refractivity contribution in [1.82, 2.24) is 0 Å². The van der Waals surface area contributed by atoms with Crippen LogP contribution in [0.25, 0.3) is 0 Å². The summed E-state index contributed by atoms with van der Waals surface area (Å²) in [6, 6.07) is 0. The van der Waals surface area contributed by atoms with E-state index in [1.54, 1.807) is 6.92 Å². The second kappa shape index (κ2) is 6.05. The highest BCUT2D eigenvalue weighted by Crippen LogP contribution is 2.33. The summed E-state index contributed by atoms with van der Waals surface area (Å²) in [5.41, 5.74) is -0.480. The lowest BCUT2D eigenvalue weighted by Crippen LogP contribution is -2.38. The SMILES string of the molecule is CC1CCC(C(O)C(C)C(=O)OC(C)(C)C)CC1. The number of carbonyl (C=O) groups excluding carboxylic acids is 1. The molecule has 1 N–H and O–H groups in total. The molecule has 1 saturated carbocycles. The molecule has 3 nitrogen and oxygen atoms in total. The first-order valence-electron chi connectivity index (χ1n) is 7.11. The van der Waals surface area contributed by atoms with Crippen molar-refractivity contribution in [2.75, 3.05) is 0 Å². The predicted octanol–water partition coefficient (Wildman–Crippen LogP) is 3.15. The van der Waals surface area contributed by atoms with E-state index in [4.69, 9.17) is 4.74 Å². The first-order chi connectivity index (χ1) is 8.20. The lowest BCUT2D eigenvalue weighted by Gasteiger charge is -2.33. The molecule has 106 valence electrons. The van der Waals surface area contributed by atoms with E-state index in [-0.39, 0.29) is 11.9 Å². The number of ether oxygens (including phenoxy) is 1. The fourth-order valence-electron chi connectivity index (χ4n) is 2.57. The smallest absolute Gasteiger partial charge is 0.311 e. The van der Waals surface area contributed by atoms with Crippen LogP contribution in [0.5, 0.6) is 0 Å². The number of aliphatic hydroxyl groups excluding tert-OH is 1. The zero-order valence-corrected chi connectivity index (χ0v) is 12.4. The Balaban J connectivity index is 2.50. The molecule has 0 amide bonds. The summed E-state index contributed by atoms with van der Waals surface area (Å²) in [5.74, 6) is 0.297. The molecule has 0 spiro atoms. The second-order valence-electron chi connectivity index (χ2n) is 6.83. The Kier molecular flexibility index (Phi) is 5.20. The zero-order chi connectivity index (χ0) is 13.9. The summed E-state index contributed by atoms with van der Waals surface area (Å²) in [7, 11) is 0. The number of hydrogen-bond donors (Lipinski definition) is 1. The van der Waals surface area contributed by atoms with Crippen LogP contribution < -0.4 is 0 Å². The third-order valence-corrected chi connectivity index (χ3v) is 3.83. The van der Waals surface area contributed by atoms with Crippen LogP contribution in [0.1, 0.15) is 60.3 Å². The summed E-state index contributed by atoms with van der Waals surface area (Å²) in [6.07, 6.45) is 3.79.